The molecule has 4 rings (SSSR count). The monoisotopic (exact) mass is 403 g/mol. The van der Waals surface area contributed by atoms with Gasteiger partial charge < -0.3 is 9.84 Å². The zero-order valence-electron chi connectivity index (χ0n) is 15.4. The van der Waals surface area contributed by atoms with Crippen molar-refractivity contribution in [2.75, 3.05) is 6.61 Å². The standard InChI is InChI=1S/C22H17N3O3S/c23-10-15-6-8-18(9-7-15)28-12-17(26)11-25-14-24-21-20(22(25)27)19(13-29-21)16-4-2-1-3-5-16/h1-9,13-14,17,26H,11-12H2. The first kappa shape index (κ1) is 18.9. The number of hydrogen-bond acceptors (Lipinski definition) is 6. The van der Waals surface area contributed by atoms with Gasteiger partial charge in [-0.15, -0.1) is 11.3 Å². The molecule has 4 aromatic rings. The van der Waals surface area contributed by atoms with Crippen LogP contribution in [0.15, 0.2) is 71.1 Å². The predicted molar refractivity (Wildman–Crippen MR) is 112 cm³/mol. The first-order chi connectivity index (χ1) is 14.2. The highest BCUT2D eigenvalue weighted by Crippen LogP contribution is 2.30. The molecular weight excluding hydrogens is 386 g/mol. The van der Waals surface area contributed by atoms with E-state index in [9.17, 15) is 9.90 Å². The lowest BCUT2D eigenvalue weighted by molar-refractivity contribution is 0.0915. The van der Waals surface area contributed by atoms with Crippen LogP contribution in [-0.4, -0.2) is 27.4 Å². The van der Waals surface area contributed by atoms with Crippen LogP contribution in [0.5, 0.6) is 5.75 Å². The summed E-state index contributed by atoms with van der Waals surface area (Å²) in [6.45, 7) is 0.0910. The molecule has 2 heterocycles. The van der Waals surface area contributed by atoms with Gasteiger partial charge in [0.25, 0.3) is 5.56 Å². The molecule has 1 atom stereocenters. The number of aliphatic hydroxyl groups excluding tert-OH is 1. The molecule has 1 unspecified atom stereocenters. The van der Waals surface area contributed by atoms with E-state index < -0.39 is 6.10 Å². The van der Waals surface area contributed by atoms with Crippen molar-refractivity contribution < 1.29 is 9.84 Å². The van der Waals surface area contributed by atoms with Gasteiger partial charge in [-0.2, -0.15) is 5.26 Å². The van der Waals surface area contributed by atoms with Gasteiger partial charge >= 0.3 is 0 Å². The van der Waals surface area contributed by atoms with Crippen LogP contribution in [0.2, 0.25) is 0 Å². The Labute approximate surface area is 170 Å². The van der Waals surface area contributed by atoms with E-state index in [2.05, 4.69) is 4.98 Å². The van der Waals surface area contributed by atoms with Crippen LogP contribution in [0.3, 0.4) is 0 Å². The van der Waals surface area contributed by atoms with Gasteiger partial charge in [0.15, 0.2) is 0 Å². The third-order valence-corrected chi connectivity index (χ3v) is 5.37. The highest BCUT2D eigenvalue weighted by Gasteiger charge is 2.15. The summed E-state index contributed by atoms with van der Waals surface area (Å²) in [6.07, 6.45) is 0.572. The summed E-state index contributed by atoms with van der Waals surface area (Å²) in [5.74, 6) is 0.549. The van der Waals surface area contributed by atoms with Crippen LogP contribution in [0.1, 0.15) is 5.56 Å². The summed E-state index contributed by atoms with van der Waals surface area (Å²) in [4.78, 5) is 18.1. The lowest BCUT2D eigenvalue weighted by atomic mass is 10.1. The van der Waals surface area contributed by atoms with Crippen LogP contribution in [0.25, 0.3) is 21.3 Å². The fourth-order valence-electron chi connectivity index (χ4n) is 3.03. The summed E-state index contributed by atoms with van der Waals surface area (Å²) >= 11 is 1.43. The largest absolute Gasteiger partial charge is 0.491 e. The van der Waals surface area contributed by atoms with Crippen LogP contribution < -0.4 is 10.3 Å². The highest BCUT2D eigenvalue weighted by molar-refractivity contribution is 7.17. The van der Waals surface area contributed by atoms with E-state index in [1.165, 1.54) is 22.2 Å². The number of hydrogen-bond donors (Lipinski definition) is 1. The molecule has 0 saturated heterocycles. The summed E-state index contributed by atoms with van der Waals surface area (Å²) < 4.78 is 6.96. The first-order valence-corrected chi connectivity index (χ1v) is 9.87. The Balaban J connectivity index is 1.52. The number of aliphatic hydroxyl groups is 1. The molecule has 2 aromatic heterocycles. The van der Waals surface area contributed by atoms with Crippen LogP contribution >= 0.6 is 11.3 Å². The van der Waals surface area contributed by atoms with E-state index >= 15 is 0 Å². The second kappa shape index (κ2) is 8.27. The number of fused-ring (bicyclic) bond motifs is 1. The molecule has 0 aliphatic carbocycles. The maximum absolute atomic E-state index is 13.0. The maximum atomic E-state index is 13.0. The van der Waals surface area contributed by atoms with Crippen molar-refractivity contribution >= 4 is 21.6 Å². The smallest absolute Gasteiger partial charge is 0.262 e. The molecule has 29 heavy (non-hydrogen) atoms. The summed E-state index contributed by atoms with van der Waals surface area (Å²) in [7, 11) is 0. The van der Waals surface area contributed by atoms with Crippen LogP contribution in [0.4, 0.5) is 0 Å². The molecule has 0 amide bonds. The van der Waals surface area contributed by atoms with Crippen LogP contribution in [-0.2, 0) is 6.54 Å². The second-order valence-corrected chi connectivity index (χ2v) is 7.36. The van der Waals surface area contributed by atoms with E-state index in [1.807, 2.05) is 41.8 Å². The minimum absolute atomic E-state index is 0.0194. The van der Waals surface area contributed by atoms with Gasteiger partial charge in [0.2, 0.25) is 0 Å². The number of ether oxygens (including phenoxy) is 1. The number of aromatic nitrogens is 2. The van der Waals surface area contributed by atoms with Gasteiger partial charge in [0, 0.05) is 10.9 Å². The van der Waals surface area contributed by atoms with Crippen molar-refractivity contribution in [1.29, 1.82) is 5.26 Å². The van der Waals surface area contributed by atoms with Crippen molar-refractivity contribution in [2.45, 2.75) is 12.6 Å². The number of nitriles is 1. The normalized spacial score (nSPS) is 11.9. The van der Waals surface area contributed by atoms with Crippen molar-refractivity contribution in [1.82, 2.24) is 9.55 Å². The molecule has 0 aliphatic heterocycles. The van der Waals surface area contributed by atoms with E-state index in [-0.39, 0.29) is 18.7 Å². The van der Waals surface area contributed by atoms with E-state index in [0.29, 0.717) is 21.5 Å². The SMILES string of the molecule is N#Cc1ccc(OCC(O)Cn2cnc3scc(-c4ccccc4)c3c2=O)cc1. The average molecular weight is 403 g/mol. The number of rotatable bonds is 6. The molecule has 0 spiro atoms. The summed E-state index contributed by atoms with van der Waals surface area (Å²) in [5, 5.41) is 21.6. The molecule has 144 valence electrons. The fraction of sp³-hybridized carbons (Fsp3) is 0.136. The van der Waals surface area contributed by atoms with Crippen molar-refractivity contribution in [3.63, 3.8) is 0 Å². The Morgan fingerprint density at radius 3 is 2.66 bits per heavy atom. The predicted octanol–water partition coefficient (Wildman–Crippen LogP) is 3.44. The van der Waals surface area contributed by atoms with Gasteiger partial charge in [0.1, 0.15) is 23.3 Å². The highest BCUT2D eigenvalue weighted by atomic mass is 32.1. The lowest BCUT2D eigenvalue weighted by Crippen LogP contribution is -2.30. The Kier molecular flexibility index (Phi) is 5.38. The zero-order chi connectivity index (χ0) is 20.2. The first-order valence-electron chi connectivity index (χ1n) is 8.99. The van der Waals surface area contributed by atoms with E-state index in [4.69, 9.17) is 10.00 Å². The van der Waals surface area contributed by atoms with Crippen molar-refractivity contribution in [3.05, 3.63) is 82.2 Å². The molecule has 2 aromatic carbocycles. The van der Waals surface area contributed by atoms with Crippen LogP contribution in [0, 0.1) is 11.3 Å². The Morgan fingerprint density at radius 2 is 1.93 bits per heavy atom. The minimum Gasteiger partial charge on any atom is -0.491 e. The lowest BCUT2D eigenvalue weighted by Gasteiger charge is -2.14. The third-order valence-electron chi connectivity index (χ3n) is 4.48. The Bertz CT molecular complexity index is 1220. The quantitative estimate of drug-likeness (QED) is 0.533. The Morgan fingerprint density at radius 1 is 1.17 bits per heavy atom. The molecule has 0 saturated carbocycles. The zero-order valence-corrected chi connectivity index (χ0v) is 16.2. The number of benzene rings is 2. The number of thiophene rings is 1. The second-order valence-electron chi connectivity index (χ2n) is 6.50. The molecule has 6 nitrogen and oxygen atoms in total. The molecule has 0 bridgehead atoms. The molecule has 0 fully saturated rings. The maximum Gasteiger partial charge on any atom is 0.262 e. The molecule has 0 aliphatic rings. The van der Waals surface area contributed by atoms with E-state index in [0.717, 1.165) is 11.1 Å². The molecular formula is C22H17N3O3S. The molecule has 7 heteroatoms. The van der Waals surface area contributed by atoms with Crippen molar-refractivity contribution in [3.8, 4) is 22.9 Å². The topological polar surface area (TPSA) is 88.1 Å². The fourth-order valence-corrected chi connectivity index (χ4v) is 3.93. The summed E-state index contributed by atoms with van der Waals surface area (Å²) in [6, 6.07) is 18.4. The molecule has 1 N–H and O–H groups in total. The average Bonchev–Trinajstić information content (AvgIpc) is 3.20. The van der Waals surface area contributed by atoms with Gasteiger partial charge in [-0.3, -0.25) is 9.36 Å². The third kappa shape index (κ3) is 4.04. The Hall–Kier alpha value is -3.47. The van der Waals surface area contributed by atoms with Gasteiger partial charge in [0.05, 0.1) is 29.9 Å². The van der Waals surface area contributed by atoms with Gasteiger partial charge in [-0.1, -0.05) is 30.3 Å². The number of nitrogens with zero attached hydrogens (tertiary/aromatic N) is 3. The van der Waals surface area contributed by atoms with Gasteiger partial charge in [-0.25, -0.2) is 4.98 Å². The molecule has 0 radical (unpaired) electrons. The summed E-state index contributed by atoms with van der Waals surface area (Å²) in [5.41, 5.74) is 2.15. The van der Waals surface area contributed by atoms with E-state index in [1.54, 1.807) is 24.3 Å². The minimum atomic E-state index is -0.888. The van der Waals surface area contributed by atoms with Gasteiger partial charge in [-0.05, 0) is 29.8 Å². The van der Waals surface area contributed by atoms with Crippen molar-refractivity contribution in [2.24, 2.45) is 0 Å².